The molecule has 0 rings (SSSR count). The van der Waals surface area contributed by atoms with Crippen molar-refractivity contribution in [2.45, 2.75) is 0 Å². The first-order valence-electron chi connectivity index (χ1n) is 5.57. The van der Waals surface area contributed by atoms with E-state index in [9.17, 15) is 16.8 Å². The molecule has 0 atom stereocenters. The Morgan fingerprint density at radius 2 is 1.11 bits per heavy atom. The fourth-order valence-electron chi connectivity index (χ4n) is 0.916. The van der Waals surface area contributed by atoms with E-state index in [2.05, 4.69) is 0 Å². The van der Waals surface area contributed by atoms with Crippen LogP contribution in [0.4, 0.5) is 0 Å². The lowest BCUT2D eigenvalue weighted by Crippen LogP contribution is -2.15. The van der Waals surface area contributed by atoms with Crippen LogP contribution in [0.25, 0.3) is 0 Å². The maximum Gasteiger partial charge on any atom is 0.267 e. The number of rotatable bonds is 12. The van der Waals surface area contributed by atoms with Gasteiger partial charge in [0.2, 0.25) is 0 Å². The first-order valence-corrected chi connectivity index (χ1v) is 9.24. The molecule has 0 aromatic heterocycles. The summed E-state index contributed by atoms with van der Waals surface area (Å²) in [6.07, 6.45) is 1.14. The molecule has 0 aromatic rings. The van der Waals surface area contributed by atoms with Crippen molar-refractivity contribution in [3.8, 4) is 0 Å². The van der Waals surface area contributed by atoms with Crippen molar-refractivity contribution in [1.82, 2.24) is 0 Å². The molecule has 0 saturated carbocycles. The molecular formula is C9H20O8S2. The highest BCUT2D eigenvalue weighted by molar-refractivity contribution is 7.90. The molecule has 0 bridgehead atoms. The maximum atomic E-state index is 10.7. The highest BCUT2D eigenvalue weighted by Gasteiger charge is 2.03. The van der Waals surface area contributed by atoms with Crippen LogP contribution in [0.2, 0.25) is 0 Å². The predicted octanol–water partition coefficient (Wildman–Crippen LogP) is -1.03. The highest BCUT2D eigenvalue weighted by Crippen LogP contribution is 1.86. The Balaban J connectivity index is 3.20. The molecule has 19 heavy (non-hydrogen) atoms. The Labute approximate surface area is 113 Å². The molecule has 0 spiro atoms. The minimum Gasteiger partial charge on any atom is -0.378 e. The van der Waals surface area contributed by atoms with Crippen molar-refractivity contribution in [2.75, 3.05) is 57.4 Å². The van der Waals surface area contributed by atoms with Crippen LogP contribution in [0.15, 0.2) is 0 Å². The normalized spacial score (nSPS) is 12.7. The van der Waals surface area contributed by atoms with Gasteiger partial charge in [-0.25, -0.2) is 8.42 Å². The minimum atomic E-state index is -3.98. The molecule has 0 aromatic carbocycles. The van der Waals surface area contributed by atoms with Gasteiger partial charge in [-0.15, -0.1) is 0 Å². The molecule has 0 fully saturated rings. The lowest BCUT2D eigenvalue weighted by molar-refractivity contribution is 0.0201. The number of ether oxygens (including phenoxy) is 3. The van der Waals surface area contributed by atoms with Gasteiger partial charge in [0.1, 0.15) is 9.84 Å². The van der Waals surface area contributed by atoms with Gasteiger partial charge in [-0.3, -0.25) is 4.55 Å². The zero-order valence-corrected chi connectivity index (χ0v) is 12.4. The largest absolute Gasteiger partial charge is 0.378 e. The van der Waals surface area contributed by atoms with Gasteiger partial charge in [-0.05, 0) is 0 Å². The van der Waals surface area contributed by atoms with Crippen LogP contribution >= 0.6 is 0 Å². The van der Waals surface area contributed by atoms with Gasteiger partial charge < -0.3 is 14.2 Å². The summed E-state index contributed by atoms with van der Waals surface area (Å²) in [4.78, 5) is 0. The molecule has 0 aliphatic heterocycles. The Morgan fingerprint density at radius 1 is 0.737 bits per heavy atom. The zero-order valence-electron chi connectivity index (χ0n) is 10.8. The Kier molecular flexibility index (Phi) is 9.48. The van der Waals surface area contributed by atoms with Crippen LogP contribution in [-0.2, 0) is 34.2 Å². The van der Waals surface area contributed by atoms with Gasteiger partial charge in [0.15, 0.2) is 0 Å². The third kappa shape index (κ3) is 17.7. The van der Waals surface area contributed by atoms with Crippen LogP contribution in [0.5, 0.6) is 0 Å². The molecule has 0 amide bonds. The molecule has 0 unspecified atom stereocenters. The van der Waals surface area contributed by atoms with Crippen LogP contribution in [0, 0.1) is 0 Å². The van der Waals surface area contributed by atoms with Gasteiger partial charge >= 0.3 is 0 Å². The quantitative estimate of drug-likeness (QED) is 0.358. The Bertz CT molecular complexity index is 374. The lowest BCUT2D eigenvalue weighted by atomic mass is 10.7. The van der Waals surface area contributed by atoms with Gasteiger partial charge in [-0.2, -0.15) is 8.42 Å². The highest BCUT2D eigenvalue weighted by atomic mass is 32.2. The Hall–Kier alpha value is -0.260. The monoisotopic (exact) mass is 320 g/mol. The molecule has 0 aliphatic rings. The van der Waals surface area contributed by atoms with Gasteiger partial charge in [-0.1, -0.05) is 0 Å². The second-order valence-electron chi connectivity index (χ2n) is 3.75. The van der Waals surface area contributed by atoms with E-state index in [0.29, 0.717) is 6.61 Å². The Morgan fingerprint density at radius 3 is 1.47 bits per heavy atom. The minimum absolute atomic E-state index is 0.0221. The molecule has 10 heteroatoms. The van der Waals surface area contributed by atoms with Crippen molar-refractivity contribution in [2.24, 2.45) is 0 Å². The molecule has 0 heterocycles. The van der Waals surface area contributed by atoms with E-state index in [-0.39, 0.29) is 38.8 Å². The van der Waals surface area contributed by atoms with Crippen molar-refractivity contribution in [3.63, 3.8) is 0 Å². The topological polar surface area (TPSA) is 116 Å². The van der Waals surface area contributed by atoms with E-state index in [1.54, 1.807) is 0 Å². The summed E-state index contributed by atoms with van der Waals surface area (Å²) in [6, 6.07) is 0. The molecule has 116 valence electrons. The molecule has 0 radical (unpaired) electrons. The molecule has 0 aliphatic carbocycles. The fourth-order valence-corrected chi connectivity index (χ4v) is 1.67. The van der Waals surface area contributed by atoms with Crippen molar-refractivity contribution in [3.05, 3.63) is 0 Å². The van der Waals surface area contributed by atoms with Crippen molar-refractivity contribution in [1.29, 1.82) is 0 Å². The SMILES string of the molecule is CS(=O)(=O)CCOCCOCCOCCS(=O)(=O)O. The summed E-state index contributed by atoms with van der Waals surface area (Å²) in [6.45, 7) is 1.09. The first-order chi connectivity index (χ1) is 8.71. The fraction of sp³-hybridized carbons (Fsp3) is 1.00. The standard InChI is InChI=1S/C9H20O8S2/c1-18(10,11)8-6-16-4-2-15-3-5-17-7-9-19(12,13)14/h2-9H2,1H3,(H,12,13,14). The van der Waals surface area contributed by atoms with E-state index < -0.39 is 25.7 Å². The van der Waals surface area contributed by atoms with Gasteiger partial charge in [0.05, 0.1) is 51.1 Å². The van der Waals surface area contributed by atoms with Crippen LogP contribution in [0.1, 0.15) is 0 Å². The van der Waals surface area contributed by atoms with Crippen LogP contribution in [-0.4, -0.2) is 78.8 Å². The third-order valence-electron chi connectivity index (χ3n) is 1.83. The zero-order chi connectivity index (χ0) is 14.8. The van der Waals surface area contributed by atoms with Crippen molar-refractivity contribution < 1.29 is 35.6 Å². The first kappa shape index (κ1) is 18.7. The average Bonchev–Trinajstić information content (AvgIpc) is 2.22. The second kappa shape index (κ2) is 9.61. The summed E-state index contributed by atoms with van der Waals surface area (Å²) in [5, 5.41) is 0. The lowest BCUT2D eigenvalue weighted by Gasteiger charge is -2.06. The van der Waals surface area contributed by atoms with Crippen LogP contribution < -0.4 is 0 Å². The van der Waals surface area contributed by atoms with E-state index >= 15 is 0 Å². The molecular weight excluding hydrogens is 300 g/mol. The molecule has 0 saturated heterocycles. The second-order valence-corrected chi connectivity index (χ2v) is 7.58. The summed E-state index contributed by atoms with van der Waals surface area (Å²) < 4.78 is 65.6. The smallest absolute Gasteiger partial charge is 0.267 e. The molecule has 1 N–H and O–H groups in total. The van der Waals surface area contributed by atoms with Gasteiger partial charge in [0.25, 0.3) is 10.1 Å². The number of sulfone groups is 1. The van der Waals surface area contributed by atoms with Crippen LogP contribution in [0.3, 0.4) is 0 Å². The maximum absolute atomic E-state index is 10.7. The average molecular weight is 320 g/mol. The van der Waals surface area contributed by atoms with E-state index in [4.69, 9.17) is 18.8 Å². The predicted molar refractivity (Wildman–Crippen MR) is 68.6 cm³/mol. The number of hydrogen-bond donors (Lipinski definition) is 1. The van der Waals surface area contributed by atoms with Gasteiger partial charge in [0, 0.05) is 6.26 Å². The van der Waals surface area contributed by atoms with E-state index in [1.807, 2.05) is 0 Å². The van der Waals surface area contributed by atoms with E-state index in [1.165, 1.54) is 0 Å². The third-order valence-corrected chi connectivity index (χ3v) is 3.42. The van der Waals surface area contributed by atoms with Crippen molar-refractivity contribution >= 4 is 20.0 Å². The summed E-state index contributed by atoms with van der Waals surface area (Å²) >= 11 is 0. The summed E-state index contributed by atoms with van der Waals surface area (Å²) in [5.74, 6) is -0.465. The number of hydrogen-bond acceptors (Lipinski definition) is 7. The van der Waals surface area contributed by atoms with E-state index in [0.717, 1.165) is 6.26 Å². The summed E-state index contributed by atoms with van der Waals surface area (Å²) in [5.41, 5.74) is 0. The summed E-state index contributed by atoms with van der Waals surface area (Å²) in [7, 11) is -6.98. The molecule has 8 nitrogen and oxygen atoms in total.